The standard InChI is InChI=1S/C15H24N2O2/c1-9(2)6-11(5)16-14-8-12(15(18)19)7-13(17-14)10(3)4/h7-11H,6H2,1-5H3,(H,16,17)(H,18,19). The maximum atomic E-state index is 11.1. The zero-order chi connectivity index (χ0) is 14.6. The molecule has 4 nitrogen and oxygen atoms in total. The molecule has 0 aliphatic rings. The summed E-state index contributed by atoms with van der Waals surface area (Å²) >= 11 is 0. The quantitative estimate of drug-likeness (QED) is 0.821. The van der Waals surface area contributed by atoms with Crippen LogP contribution in [-0.2, 0) is 0 Å². The SMILES string of the molecule is CC(C)CC(C)Nc1cc(C(=O)O)cc(C(C)C)n1. The lowest BCUT2D eigenvalue weighted by Gasteiger charge is -2.18. The number of hydrogen-bond acceptors (Lipinski definition) is 3. The number of carboxylic acid groups (broad SMARTS) is 1. The van der Waals surface area contributed by atoms with E-state index in [9.17, 15) is 4.79 Å². The maximum absolute atomic E-state index is 11.1. The van der Waals surface area contributed by atoms with Crippen molar-refractivity contribution in [1.29, 1.82) is 0 Å². The van der Waals surface area contributed by atoms with E-state index in [0.29, 0.717) is 11.7 Å². The molecule has 4 heteroatoms. The Balaban J connectivity index is 2.96. The molecule has 19 heavy (non-hydrogen) atoms. The molecule has 0 amide bonds. The summed E-state index contributed by atoms with van der Waals surface area (Å²) in [7, 11) is 0. The molecule has 1 atom stereocenters. The summed E-state index contributed by atoms with van der Waals surface area (Å²) in [6.07, 6.45) is 1.02. The molecular formula is C15H24N2O2. The van der Waals surface area contributed by atoms with E-state index in [4.69, 9.17) is 5.11 Å². The van der Waals surface area contributed by atoms with Crippen molar-refractivity contribution in [3.8, 4) is 0 Å². The van der Waals surface area contributed by atoms with Crippen LogP contribution < -0.4 is 5.32 Å². The second kappa shape index (κ2) is 6.55. The van der Waals surface area contributed by atoms with Gasteiger partial charge in [0.05, 0.1) is 5.56 Å². The normalized spacial score (nSPS) is 12.8. The number of carbonyl (C=O) groups is 1. The third kappa shape index (κ3) is 4.89. The average Bonchev–Trinajstić information content (AvgIpc) is 2.26. The molecule has 0 bridgehead atoms. The van der Waals surface area contributed by atoms with Crippen LogP contribution in [-0.4, -0.2) is 22.1 Å². The van der Waals surface area contributed by atoms with Crippen molar-refractivity contribution in [2.24, 2.45) is 5.92 Å². The zero-order valence-electron chi connectivity index (χ0n) is 12.4. The van der Waals surface area contributed by atoms with Gasteiger partial charge in [-0.25, -0.2) is 9.78 Å². The van der Waals surface area contributed by atoms with Crippen LogP contribution in [0.3, 0.4) is 0 Å². The predicted octanol–water partition coefficient (Wildman–Crippen LogP) is 3.75. The largest absolute Gasteiger partial charge is 0.478 e. The summed E-state index contributed by atoms with van der Waals surface area (Å²) in [6, 6.07) is 3.52. The molecule has 1 unspecified atom stereocenters. The van der Waals surface area contributed by atoms with Gasteiger partial charge in [0.1, 0.15) is 5.82 Å². The minimum atomic E-state index is -0.913. The average molecular weight is 264 g/mol. The third-order valence-electron chi connectivity index (χ3n) is 2.90. The van der Waals surface area contributed by atoms with Crippen LogP contribution in [0.1, 0.15) is 63.0 Å². The summed E-state index contributed by atoms with van der Waals surface area (Å²) in [6.45, 7) is 10.4. The summed E-state index contributed by atoms with van der Waals surface area (Å²) in [5.74, 6) is 0.538. The zero-order valence-corrected chi connectivity index (χ0v) is 12.4. The minimum Gasteiger partial charge on any atom is -0.478 e. The molecule has 0 aromatic carbocycles. The maximum Gasteiger partial charge on any atom is 0.335 e. The fourth-order valence-corrected chi connectivity index (χ4v) is 2.06. The van der Waals surface area contributed by atoms with Gasteiger partial charge in [0.25, 0.3) is 0 Å². The van der Waals surface area contributed by atoms with E-state index < -0.39 is 5.97 Å². The molecule has 1 aromatic heterocycles. The molecule has 2 N–H and O–H groups in total. The number of nitrogens with one attached hydrogen (secondary N) is 1. The lowest BCUT2D eigenvalue weighted by molar-refractivity contribution is 0.0696. The number of aromatic nitrogens is 1. The molecule has 0 fully saturated rings. The number of nitrogens with zero attached hydrogens (tertiary/aromatic N) is 1. The van der Waals surface area contributed by atoms with E-state index in [-0.39, 0.29) is 17.5 Å². The van der Waals surface area contributed by atoms with E-state index in [1.165, 1.54) is 0 Å². The fraction of sp³-hybridized carbons (Fsp3) is 0.600. The van der Waals surface area contributed by atoms with Crippen molar-refractivity contribution in [2.75, 3.05) is 5.32 Å². The molecule has 106 valence electrons. The first kappa shape index (κ1) is 15.5. The number of rotatable bonds is 6. The second-order valence-electron chi connectivity index (χ2n) is 5.80. The smallest absolute Gasteiger partial charge is 0.335 e. The highest BCUT2D eigenvalue weighted by molar-refractivity contribution is 5.88. The molecule has 1 aromatic rings. The summed E-state index contributed by atoms with van der Waals surface area (Å²) in [4.78, 5) is 15.6. The molecular weight excluding hydrogens is 240 g/mol. The predicted molar refractivity (Wildman–Crippen MR) is 77.8 cm³/mol. The van der Waals surface area contributed by atoms with Crippen LogP contribution in [0.25, 0.3) is 0 Å². The van der Waals surface area contributed by atoms with Crippen molar-refractivity contribution in [2.45, 2.75) is 53.0 Å². The van der Waals surface area contributed by atoms with Gasteiger partial charge in [0, 0.05) is 11.7 Å². The first-order valence-corrected chi connectivity index (χ1v) is 6.81. The van der Waals surface area contributed by atoms with E-state index >= 15 is 0 Å². The summed E-state index contributed by atoms with van der Waals surface area (Å²) in [5.41, 5.74) is 1.09. The van der Waals surface area contributed by atoms with Gasteiger partial charge in [-0.15, -0.1) is 0 Å². The number of aromatic carboxylic acids is 1. The topological polar surface area (TPSA) is 62.2 Å². The highest BCUT2D eigenvalue weighted by Crippen LogP contribution is 2.19. The lowest BCUT2D eigenvalue weighted by Crippen LogP contribution is -2.19. The minimum absolute atomic E-state index is 0.209. The Bertz CT molecular complexity index is 442. The van der Waals surface area contributed by atoms with E-state index in [1.807, 2.05) is 13.8 Å². The molecule has 0 saturated heterocycles. The molecule has 0 radical (unpaired) electrons. The Morgan fingerprint density at radius 2 is 1.89 bits per heavy atom. The highest BCUT2D eigenvalue weighted by Gasteiger charge is 2.12. The monoisotopic (exact) mass is 264 g/mol. The Labute approximate surface area is 115 Å². The van der Waals surface area contributed by atoms with Gasteiger partial charge in [-0.2, -0.15) is 0 Å². The van der Waals surface area contributed by atoms with Crippen LogP contribution in [0, 0.1) is 5.92 Å². The second-order valence-corrected chi connectivity index (χ2v) is 5.80. The van der Waals surface area contributed by atoms with Crippen molar-refractivity contribution in [1.82, 2.24) is 4.98 Å². The molecule has 0 aliphatic heterocycles. The number of hydrogen-bond donors (Lipinski definition) is 2. The number of pyridine rings is 1. The van der Waals surface area contributed by atoms with Crippen molar-refractivity contribution < 1.29 is 9.90 Å². The van der Waals surface area contributed by atoms with Crippen LogP contribution in [0.4, 0.5) is 5.82 Å². The Morgan fingerprint density at radius 3 is 2.37 bits per heavy atom. The summed E-state index contributed by atoms with van der Waals surface area (Å²) in [5, 5.41) is 12.4. The molecule has 0 spiro atoms. The molecule has 1 heterocycles. The van der Waals surface area contributed by atoms with Gasteiger partial charge in [-0.05, 0) is 37.3 Å². The van der Waals surface area contributed by atoms with Gasteiger partial charge >= 0.3 is 5.97 Å². The third-order valence-corrected chi connectivity index (χ3v) is 2.90. The van der Waals surface area contributed by atoms with E-state index in [2.05, 4.69) is 31.1 Å². The number of anilines is 1. The van der Waals surface area contributed by atoms with Crippen LogP contribution in [0.2, 0.25) is 0 Å². The number of carboxylic acids is 1. The van der Waals surface area contributed by atoms with Gasteiger partial charge in [0.15, 0.2) is 0 Å². The van der Waals surface area contributed by atoms with Crippen molar-refractivity contribution in [3.63, 3.8) is 0 Å². The lowest BCUT2D eigenvalue weighted by atomic mass is 10.0. The van der Waals surface area contributed by atoms with Crippen molar-refractivity contribution >= 4 is 11.8 Å². The molecule has 0 saturated carbocycles. The first-order valence-electron chi connectivity index (χ1n) is 6.81. The fourth-order valence-electron chi connectivity index (χ4n) is 2.06. The van der Waals surface area contributed by atoms with Crippen LogP contribution in [0.5, 0.6) is 0 Å². The van der Waals surface area contributed by atoms with Crippen LogP contribution >= 0.6 is 0 Å². The van der Waals surface area contributed by atoms with Gasteiger partial charge in [-0.3, -0.25) is 0 Å². The Kier molecular flexibility index (Phi) is 5.33. The van der Waals surface area contributed by atoms with Crippen molar-refractivity contribution in [3.05, 3.63) is 23.4 Å². The summed E-state index contributed by atoms with van der Waals surface area (Å²) < 4.78 is 0. The van der Waals surface area contributed by atoms with E-state index in [0.717, 1.165) is 12.1 Å². The Morgan fingerprint density at radius 1 is 1.26 bits per heavy atom. The van der Waals surface area contributed by atoms with Gasteiger partial charge < -0.3 is 10.4 Å². The molecule has 0 aliphatic carbocycles. The highest BCUT2D eigenvalue weighted by atomic mass is 16.4. The van der Waals surface area contributed by atoms with Gasteiger partial charge in [-0.1, -0.05) is 27.7 Å². The molecule has 1 rings (SSSR count). The van der Waals surface area contributed by atoms with Gasteiger partial charge in [0.2, 0.25) is 0 Å². The Hall–Kier alpha value is -1.58. The van der Waals surface area contributed by atoms with E-state index in [1.54, 1.807) is 12.1 Å². The first-order chi connectivity index (χ1) is 8.79. The van der Waals surface area contributed by atoms with Crippen LogP contribution in [0.15, 0.2) is 12.1 Å².